The van der Waals surface area contributed by atoms with Gasteiger partial charge in [0.25, 0.3) is 5.91 Å². The van der Waals surface area contributed by atoms with Crippen LogP contribution < -0.4 is 15.8 Å². The van der Waals surface area contributed by atoms with Crippen molar-refractivity contribution in [2.24, 2.45) is 5.73 Å². The number of ether oxygens (including phenoxy) is 2. The summed E-state index contributed by atoms with van der Waals surface area (Å²) in [6.45, 7) is 4.17. The average Bonchev–Trinajstić information content (AvgIpc) is 3.26. The van der Waals surface area contributed by atoms with E-state index >= 15 is 0 Å². The van der Waals surface area contributed by atoms with Gasteiger partial charge < -0.3 is 30.9 Å². The maximum absolute atomic E-state index is 12.7. The van der Waals surface area contributed by atoms with Crippen LogP contribution in [0.1, 0.15) is 21.7 Å². The monoisotopic (exact) mass is 434 g/mol. The summed E-state index contributed by atoms with van der Waals surface area (Å²) in [4.78, 5) is 22.8. The third-order valence-corrected chi connectivity index (χ3v) is 5.35. The van der Waals surface area contributed by atoms with Gasteiger partial charge in [0.2, 0.25) is 0 Å². The molecule has 0 radical (unpaired) electrons. The fourth-order valence-corrected chi connectivity index (χ4v) is 3.63. The molecule has 0 unspecified atom stereocenters. The van der Waals surface area contributed by atoms with E-state index < -0.39 is 5.91 Å². The molecule has 4 rings (SSSR count). The van der Waals surface area contributed by atoms with Crippen molar-refractivity contribution in [1.29, 1.82) is 5.41 Å². The number of imidazole rings is 1. The summed E-state index contributed by atoms with van der Waals surface area (Å²) in [5.74, 6) is 0.402. The van der Waals surface area contributed by atoms with Gasteiger partial charge in [-0.25, -0.2) is 4.98 Å². The maximum Gasteiger partial charge on any atom is 0.259 e. The first kappa shape index (κ1) is 21.5. The van der Waals surface area contributed by atoms with Crippen LogP contribution in [0.4, 0.5) is 0 Å². The van der Waals surface area contributed by atoms with E-state index in [1.807, 2.05) is 18.2 Å². The topological polar surface area (TPSA) is 129 Å². The quantitative estimate of drug-likeness (QED) is 0.422. The van der Waals surface area contributed by atoms with Crippen molar-refractivity contribution in [2.45, 2.75) is 6.54 Å². The lowest BCUT2D eigenvalue weighted by molar-refractivity contribution is 0.0342. The molecule has 3 aromatic rings. The van der Waals surface area contributed by atoms with Crippen LogP contribution in [0.3, 0.4) is 0 Å². The SMILES string of the molecule is COc1ccccc1C(=O)NC(C=N)=C(N)c1nc2ccc(CN3CCOCC3)cc2[nH]1. The van der Waals surface area contributed by atoms with Crippen LogP contribution in [0.25, 0.3) is 16.7 Å². The number of morpholine rings is 1. The normalized spacial score (nSPS) is 15.3. The van der Waals surface area contributed by atoms with Crippen LogP contribution >= 0.6 is 0 Å². The Hall–Kier alpha value is -3.69. The second-order valence-electron chi connectivity index (χ2n) is 7.45. The first-order valence-electron chi connectivity index (χ1n) is 10.3. The molecular weight excluding hydrogens is 408 g/mol. The number of nitrogens with two attached hydrogens (primary N) is 1. The Bertz CT molecular complexity index is 1160. The number of para-hydroxylation sites is 1. The molecule has 0 aliphatic carbocycles. The number of nitrogens with zero attached hydrogens (tertiary/aromatic N) is 2. The molecule has 2 heterocycles. The Labute approximate surface area is 185 Å². The molecule has 1 saturated heterocycles. The van der Waals surface area contributed by atoms with Crippen molar-refractivity contribution in [3.05, 3.63) is 65.1 Å². The smallest absolute Gasteiger partial charge is 0.259 e. The fourth-order valence-electron chi connectivity index (χ4n) is 3.63. The van der Waals surface area contributed by atoms with Crippen LogP contribution in [-0.4, -0.2) is 60.4 Å². The van der Waals surface area contributed by atoms with Crippen molar-refractivity contribution in [3.8, 4) is 5.75 Å². The van der Waals surface area contributed by atoms with E-state index in [9.17, 15) is 4.79 Å². The molecule has 0 spiro atoms. The van der Waals surface area contributed by atoms with Gasteiger partial charge in [-0.2, -0.15) is 0 Å². The number of aromatic amines is 1. The van der Waals surface area contributed by atoms with E-state index in [1.54, 1.807) is 24.3 Å². The number of benzene rings is 2. The largest absolute Gasteiger partial charge is 0.496 e. The number of hydrogen-bond acceptors (Lipinski definition) is 7. The number of amides is 1. The van der Waals surface area contributed by atoms with Gasteiger partial charge in [-0.1, -0.05) is 18.2 Å². The van der Waals surface area contributed by atoms with E-state index in [-0.39, 0.29) is 11.4 Å². The van der Waals surface area contributed by atoms with E-state index in [4.69, 9.17) is 20.6 Å². The number of rotatable bonds is 7. The summed E-state index contributed by atoms with van der Waals surface area (Å²) in [5, 5.41) is 10.4. The number of methoxy groups -OCH3 is 1. The van der Waals surface area contributed by atoms with Crippen molar-refractivity contribution < 1.29 is 14.3 Å². The Morgan fingerprint density at radius 3 is 2.84 bits per heavy atom. The Morgan fingerprint density at radius 2 is 2.09 bits per heavy atom. The number of hydrogen-bond donors (Lipinski definition) is 4. The number of H-pyrrole nitrogens is 1. The van der Waals surface area contributed by atoms with Gasteiger partial charge in [0.05, 0.1) is 42.6 Å². The van der Waals surface area contributed by atoms with Crippen LogP contribution in [0.15, 0.2) is 48.2 Å². The van der Waals surface area contributed by atoms with Crippen molar-refractivity contribution in [1.82, 2.24) is 20.2 Å². The van der Waals surface area contributed by atoms with E-state index in [0.29, 0.717) is 17.1 Å². The highest BCUT2D eigenvalue weighted by Crippen LogP contribution is 2.20. The van der Waals surface area contributed by atoms with Crippen molar-refractivity contribution in [2.75, 3.05) is 33.4 Å². The first-order valence-corrected chi connectivity index (χ1v) is 10.3. The lowest BCUT2D eigenvalue weighted by Gasteiger charge is -2.26. The summed E-state index contributed by atoms with van der Waals surface area (Å²) in [6.07, 6.45) is 1.000. The van der Waals surface area contributed by atoms with Gasteiger partial charge in [0.15, 0.2) is 5.82 Å². The minimum Gasteiger partial charge on any atom is -0.496 e. The Kier molecular flexibility index (Phi) is 6.48. The number of allylic oxidation sites excluding steroid dienone is 1. The third-order valence-electron chi connectivity index (χ3n) is 5.35. The number of nitrogens with one attached hydrogen (secondary N) is 3. The molecule has 32 heavy (non-hydrogen) atoms. The van der Waals surface area contributed by atoms with Crippen LogP contribution in [0, 0.1) is 5.41 Å². The lowest BCUT2D eigenvalue weighted by Crippen LogP contribution is -2.35. The minimum absolute atomic E-state index is 0.147. The first-order chi connectivity index (χ1) is 15.6. The summed E-state index contributed by atoms with van der Waals surface area (Å²) in [5.41, 5.74) is 9.69. The number of fused-ring (bicyclic) bond motifs is 1. The molecule has 1 aliphatic heterocycles. The van der Waals surface area contributed by atoms with Gasteiger partial charge in [-0.3, -0.25) is 9.69 Å². The molecule has 9 heteroatoms. The predicted molar refractivity (Wildman–Crippen MR) is 123 cm³/mol. The molecule has 1 aliphatic rings. The van der Waals surface area contributed by atoms with Gasteiger partial charge in [0, 0.05) is 25.8 Å². The summed E-state index contributed by atoms with van der Waals surface area (Å²) >= 11 is 0. The molecule has 2 aromatic carbocycles. The predicted octanol–water partition coefficient (Wildman–Crippen LogP) is 2.11. The second kappa shape index (κ2) is 9.63. The molecule has 5 N–H and O–H groups in total. The molecule has 166 valence electrons. The number of carbonyl (C=O) groups is 1. The molecule has 9 nitrogen and oxygen atoms in total. The van der Waals surface area contributed by atoms with Gasteiger partial charge in [-0.05, 0) is 29.8 Å². The van der Waals surface area contributed by atoms with E-state index in [0.717, 1.165) is 55.7 Å². The molecule has 1 aromatic heterocycles. The highest BCUT2D eigenvalue weighted by molar-refractivity contribution is 6.02. The van der Waals surface area contributed by atoms with Crippen LogP contribution in [0.2, 0.25) is 0 Å². The van der Waals surface area contributed by atoms with E-state index in [2.05, 4.69) is 20.2 Å². The maximum atomic E-state index is 12.7. The Morgan fingerprint density at radius 1 is 1.31 bits per heavy atom. The molecule has 1 amide bonds. The van der Waals surface area contributed by atoms with E-state index in [1.165, 1.54) is 7.11 Å². The highest BCUT2D eigenvalue weighted by atomic mass is 16.5. The summed E-state index contributed by atoms with van der Waals surface area (Å²) in [6, 6.07) is 12.9. The standard InChI is InChI=1S/C23H26N6O3/c1-31-20-5-3-2-4-16(20)23(30)28-19(13-24)21(25)22-26-17-7-6-15(12-18(17)27-22)14-29-8-10-32-11-9-29/h2-7,12-13,24H,8-11,14,25H2,1H3,(H,26,27)(H,28,30). The number of aromatic nitrogens is 2. The minimum atomic E-state index is -0.423. The lowest BCUT2D eigenvalue weighted by atomic mass is 10.2. The van der Waals surface area contributed by atoms with Crippen molar-refractivity contribution >= 4 is 28.9 Å². The Balaban J connectivity index is 1.56. The number of carbonyl (C=O) groups excluding carboxylic acids is 1. The van der Waals surface area contributed by atoms with Gasteiger partial charge >= 0.3 is 0 Å². The van der Waals surface area contributed by atoms with Crippen LogP contribution in [-0.2, 0) is 11.3 Å². The average molecular weight is 435 g/mol. The molecule has 0 bridgehead atoms. The molecular formula is C23H26N6O3. The van der Waals surface area contributed by atoms with Gasteiger partial charge in [0.1, 0.15) is 11.4 Å². The zero-order chi connectivity index (χ0) is 22.5. The summed E-state index contributed by atoms with van der Waals surface area (Å²) < 4.78 is 10.6. The highest BCUT2D eigenvalue weighted by Gasteiger charge is 2.16. The molecule has 0 saturated carbocycles. The zero-order valence-corrected chi connectivity index (χ0v) is 17.9. The third kappa shape index (κ3) is 4.63. The molecule has 1 fully saturated rings. The second-order valence-corrected chi connectivity index (χ2v) is 7.45. The summed E-state index contributed by atoms with van der Waals surface area (Å²) in [7, 11) is 1.50. The van der Waals surface area contributed by atoms with Crippen LogP contribution in [0.5, 0.6) is 5.75 Å². The van der Waals surface area contributed by atoms with Crippen molar-refractivity contribution in [3.63, 3.8) is 0 Å². The fraction of sp³-hybridized carbons (Fsp3) is 0.261. The van der Waals surface area contributed by atoms with Gasteiger partial charge in [-0.15, -0.1) is 0 Å². The molecule has 0 atom stereocenters. The zero-order valence-electron chi connectivity index (χ0n) is 17.9.